The van der Waals surface area contributed by atoms with Crippen molar-refractivity contribution in [3.8, 4) is 0 Å². The summed E-state index contributed by atoms with van der Waals surface area (Å²) >= 11 is 3.51. The van der Waals surface area contributed by atoms with E-state index < -0.39 is 0 Å². The molecule has 1 aromatic heterocycles. The minimum Gasteiger partial charge on any atom is -0.399 e. The summed E-state index contributed by atoms with van der Waals surface area (Å²) < 4.78 is 0.942. The molecule has 5 heteroatoms. The van der Waals surface area contributed by atoms with Crippen molar-refractivity contribution < 1.29 is 0 Å². The molecule has 1 heterocycles. The number of halogens is 1. The average molecular weight is 343 g/mol. The van der Waals surface area contributed by atoms with Gasteiger partial charge in [-0.3, -0.25) is 0 Å². The Bertz CT molecular complexity index is 801. The number of nitrogens with one attached hydrogen (secondary N) is 1. The van der Waals surface area contributed by atoms with Gasteiger partial charge in [0.25, 0.3) is 0 Å². The van der Waals surface area contributed by atoms with Crippen LogP contribution in [0.4, 0.5) is 11.4 Å². The molecule has 106 valence electrons. The zero-order valence-corrected chi connectivity index (χ0v) is 13.2. The molecule has 3 N–H and O–H groups in total. The topological polar surface area (TPSA) is 63.8 Å². The maximum Gasteiger partial charge on any atom is 0.126 e. The summed E-state index contributed by atoms with van der Waals surface area (Å²) in [6.45, 7) is 2.54. The van der Waals surface area contributed by atoms with Crippen LogP contribution in [-0.4, -0.2) is 9.97 Å². The van der Waals surface area contributed by atoms with Crippen molar-refractivity contribution in [2.24, 2.45) is 0 Å². The van der Waals surface area contributed by atoms with E-state index in [0.29, 0.717) is 6.54 Å². The maximum atomic E-state index is 5.75. The number of para-hydroxylation sites is 1. The quantitative estimate of drug-likeness (QED) is 0.708. The molecule has 0 bridgehead atoms. The largest absolute Gasteiger partial charge is 0.399 e. The van der Waals surface area contributed by atoms with E-state index in [-0.39, 0.29) is 0 Å². The van der Waals surface area contributed by atoms with Gasteiger partial charge in [-0.1, -0.05) is 18.2 Å². The van der Waals surface area contributed by atoms with Gasteiger partial charge in [-0.25, -0.2) is 9.97 Å². The number of nitrogens with two attached hydrogens (primary N) is 1. The van der Waals surface area contributed by atoms with E-state index in [4.69, 9.17) is 5.73 Å². The van der Waals surface area contributed by atoms with Gasteiger partial charge in [0.15, 0.2) is 0 Å². The molecule has 2 aromatic carbocycles. The van der Waals surface area contributed by atoms with Crippen LogP contribution >= 0.6 is 15.9 Å². The molecule has 0 saturated heterocycles. The highest BCUT2D eigenvalue weighted by Gasteiger charge is 2.06. The third-order valence-electron chi connectivity index (χ3n) is 3.23. The molecule has 0 radical (unpaired) electrons. The summed E-state index contributed by atoms with van der Waals surface area (Å²) in [7, 11) is 0. The molecule has 21 heavy (non-hydrogen) atoms. The van der Waals surface area contributed by atoms with Crippen molar-refractivity contribution in [2.45, 2.75) is 13.5 Å². The Labute approximate surface area is 131 Å². The molecule has 0 amide bonds. The van der Waals surface area contributed by atoms with Gasteiger partial charge in [0.2, 0.25) is 0 Å². The zero-order valence-electron chi connectivity index (χ0n) is 11.6. The second-order valence-electron chi connectivity index (χ2n) is 4.83. The molecule has 0 aliphatic carbocycles. The van der Waals surface area contributed by atoms with E-state index in [1.54, 1.807) is 0 Å². The monoisotopic (exact) mass is 342 g/mol. The van der Waals surface area contributed by atoms with Crippen LogP contribution in [0.25, 0.3) is 10.9 Å². The summed E-state index contributed by atoms with van der Waals surface area (Å²) in [6, 6.07) is 13.8. The first-order valence-corrected chi connectivity index (χ1v) is 7.44. The molecule has 3 rings (SSSR count). The number of aryl methyl sites for hydroxylation is 1. The summed E-state index contributed by atoms with van der Waals surface area (Å²) in [4.78, 5) is 9.01. The minimum absolute atomic E-state index is 0.631. The third kappa shape index (κ3) is 2.97. The van der Waals surface area contributed by atoms with Crippen molar-refractivity contribution in [3.63, 3.8) is 0 Å². The molecule has 0 spiro atoms. The van der Waals surface area contributed by atoms with E-state index in [0.717, 1.165) is 38.3 Å². The summed E-state index contributed by atoms with van der Waals surface area (Å²) in [5.41, 5.74) is 9.43. The Morgan fingerprint density at radius 3 is 2.76 bits per heavy atom. The van der Waals surface area contributed by atoms with Crippen LogP contribution in [0, 0.1) is 6.92 Å². The Morgan fingerprint density at radius 2 is 1.95 bits per heavy atom. The summed E-state index contributed by atoms with van der Waals surface area (Å²) in [5, 5.41) is 4.45. The van der Waals surface area contributed by atoms with Gasteiger partial charge in [0.05, 0.1) is 17.8 Å². The Hall–Kier alpha value is -2.14. The number of nitrogen functional groups attached to an aromatic ring is 1. The van der Waals surface area contributed by atoms with Gasteiger partial charge in [0, 0.05) is 21.2 Å². The first-order valence-electron chi connectivity index (χ1n) is 6.64. The predicted octanol–water partition coefficient (Wildman–Crippen LogP) is 3.90. The zero-order chi connectivity index (χ0) is 14.8. The molecule has 0 fully saturated rings. The molecule has 0 unspecified atom stereocenters. The molecule has 0 aliphatic heterocycles. The average Bonchev–Trinajstić information content (AvgIpc) is 2.46. The van der Waals surface area contributed by atoms with Crippen LogP contribution in [0.3, 0.4) is 0 Å². The van der Waals surface area contributed by atoms with Gasteiger partial charge in [-0.2, -0.15) is 0 Å². The number of rotatable bonds is 3. The first-order chi connectivity index (χ1) is 10.1. The lowest BCUT2D eigenvalue weighted by molar-refractivity contribution is 0.987. The smallest absolute Gasteiger partial charge is 0.126 e. The highest BCUT2D eigenvalue weighted by molar-refractivity contribution is 9.10. The van der Waals surface area contributed by atoms with Gasteiger partial charge in [-0.05, 0) is 47.1 Å². The molecule has 3 aromatic rings. The van der Waals surface area contributed by atoms with E-state index in [9.17, 15) is 0 Å². The lowest BCUT2D eigenvalue weighted by Crippen LogP contribution is -2.05. The molecule has 4 nitrogen and oxygen atoms in total. The van der Waals surface area contributed by atoms with Crippen LogP contribution in [0.2, 0.25) is 0 Å². The number of hydrogen-bond donors (Lipinski definition) is 2. The number of hydrogen-bond acceptors (Lipinski definition) is 4. The van der Waals surface area contributed by atoms with Crippen molar-refractivity contribution in [2.75, 3.05) is 11.1 Å². The fourth-order valence-corrected chi connectivity index (χ4v) is 2.80. The molecular weight excluding hydrogens is 328 g/mol. The van der Waals surface area contributed by atoms with E-state index in [1.807, 2.05) is 49.4 Å². The highest BCUT2D eigenvalue weighted by Crippen LogP contribution is 2.25. The SMILES string of the molecule is Cc1nc(CNc2ccc(N)cc2Br)c2ccccc2n1. The molecule has 0 atom stereocenters. The molecular formula is C16H15BrN4. The Balaban J connectivity index is 1.91. The first kappa shape index (κ1) is 13.8. The van der Waals surface area contributed by atoms with E-state index >= 15 is 0 Å². The fourth-order valence-electron chi connectivity index (χ4n) is 2.26. The summed E-state index contributed by atoms with van der Waals surface area (Å²) in [5.74, 6) is 0.780. The second kappa shape index (κ2) is 5.69. The number of nitrogens with zero attached hydrogens (tertiary/aromatic N) is 2. The maximum absolute atomic E-state index is 5.75. The van der Waals surface area contributed by atoms with Crippen LogP contribution in [0.1, 0.15) is 11.5 Å². The van der Waals surface area contributed by atoms with Crippen molar-refractivity contribution in [1.29, 1.82) is 0 Å². The standard InChI is InChI=1S/C16H15BrN4/c1-10-20-14-5-3-2-4-12(14)16(21-10)9-19-15-7-6-11(18)8-13(15)17/h2-8,19H,9,18H2,1H3. The fraction of sp³-hybridized carbons (Fsp3) is 0.125. The van der Waals surface area contributed by atoms with Crippen LogP contribution in [-0.2, 0) is 6.54 Å². The van der Waals surface area contributed by atoms with Gasteiger partial charge < -0.3 is 11.1 Å². The molecule has 0 saturated carbocycles. The normalized spacial score (nSPS) is 10.8. The number of aromatic nitrogens is 2. The van der Waals surface area contributed by atoms with Crippen LogP contribution < -0.4 is 11.1 Å². The van der Waals surface area contributed by atoms with Crippen molar-refractivity contribution in [3.05, 3.63) is 58.5 Å². The lowest BCUT2D eigenvalue weighted by atomic mass is 10.2. The van der Waals surface area contributed by atoms with Gasteiger partial charge >= 0.3 is 0 Å². The van der Waals surface area contributed by atoms with Gasteiger partial charge in [-0.15, -0.1) is 0 Å². The second-order valence-corrected chi connectivity index (χ2v) is 5.68. The number of anilines is 2. The number of fused-ring (bicyclic) bond motifs is 1. The van der Waals surface area contributed by atoms with E-state index in [2.05, 4.69) is 31.2 Å². The Morgan fingerprint density at radius 1 is 1.14 bits per heavy atom. The third-order valence-corrected chi connectivity index (χ3v) is 3.89. The number of benzene rings is 2. The van der Waals surface area contributed by atoms with Crippen LogP contribution in [0.15, 0.2) is 46.9 Å². The minimum atomic E-state index is 0.631. The Kier molecular flexibility index (Phi) is 3.75. The predicted molar refractivity (Wildman–Crippen MR) is 90.2 cm³/mol. The van der Waals surface area contributed by atoms with E-state index in [1.165, 1.54) is 0 Å². The summed E-state index contributed by atoms with van der Waals surface area (Å²) in [6.07, 6.45) is 0. The van der Waals surface area contributed by atoms with Gasteiger partial charge in [0.1, 0.15) is 5.82 Å². The van der Waals surface area contributed by atoms with Crippen molar-refractivity contribution in [1.82, 2.24) is 9.97 Å². The van der Waals surface area contributed by atoms with Crippen LogP contribution in [0.5, 0.6) is 0 Å². The highest BCUT2D eigenvalue weighted by atomic mass is 79.9. The lowest BCUT2D eigenvalue weighted by Gasteiger charge is -2.11. The van der Waals surface area contributed by atoms with Crippen molar-refractivity contribution >= 4 is 38.2 Å². The molecule has 0 aliphatic rings.